The van der Waals surface area contributed by atoms with Gasteiger partial charge in [0.05, 0.1) is 10.5 Å². The van der Waals surface area contributed by atoms with Crippen LogP contribution in [0, 0.1) is 0 Å². The standard InChI is InChI=1S/C31H35ClN4O5S/c1-2-16-34-30(37)35-42(39,40)28-9-3-8-27-26(28)21-22(25-7-4-17-33-29(25)41-27)6-5-18-36-19-14-31(38,15-20-36)23-10-12-24(32)13-11-23/h3-4,6-13,17,38H,2,5,14-16,18-21H2,1H3,(H2,34,35,37)/b22-6-. The number of allylic oxidation sites excluding steroid dienone is 1. The first-order chi connectivity index (χ1) is 20.2. The van der Waals surface area contributed by atoms with E-state index in [2.05, 4.69) is 26.0 Å². The van der Waals surface area contributed by atoms with Crippen LogP contribution in [-0.4, -0.2) is 55.6 Å². The Balaban J connectivity index is 1.33. The third kappa shape index (κ3) is 6.78. The van der Waals surface area contributed by atoms with Crippen molar-refractivity contribution in [3.63, 3.8) is 0 Å². The van der Waals surface area contributed by atoms with Crippen LogP contribution in [0.5, 0.6) is 11.6 Å². The molecular formula is C31H35ClN4O5S. The third-order valence-corrected chi connectivity index (χ3v) is 9.40. The molecule has 3 aromatic rings. The first-order valence-corrected chi connectivity index (χ1v) is 16.0. The van der Waals surface area contributed by atoms with Gasteiger partial charge in [-0.1, -0.05) is 42.8 Å². The number of ether oxygens (including phenoxy) is 1. The fourth-order valence-corrected chi connectivity index (χ4v) is 6.73. The van der Waals surface area contributed by atoms with Gasteiger partial charge in [0.15, 0.2) is 0 Å². The maximum Gasteiger partial charge on any atom is 0.328 e. The Morgan fingerprint density at radius 2 is 1.90 bits per heavy atom. The molecule has 1 fully saturated rings. The molecule has 2 aliphatic heterocycles. The van der Waals surface area contributed by atoms with Crippen LogP contribution in [0.2, 0.25) is 5.02 Å². The molecule has 9 nitrogen and oxygen atoms in total. The molecule has 0 aliphatic carbocycles. The predicted molar refractivity (Wildman–Crippen MR) is 162 cm³/mol. The van der Waals surface area contributed by atoms with Gasteiger partial charge in [-0.3, -0.25) is 0 Å². The Bertz CT molecular complexity index is 1570. The minimum absolute atomic E-state index is 0.0112. The van der Waals surface area contributed by atoms with Crippen molar-refractivity contribution in [3.8, 4) is 11.6 Å². The number of aromatic nitrogens is 1. The summed E-state index contributed by atoms with van der Waals surface area (Å²) < 4.78 is 34.8. The van der Waals surface area contributed by atoms with Gasteiger partial charge in [-0.05, 0) is 73.2 Å². The third-order valence-electron chi connectivity index (χ3n) is 7.73. The minimum Gasteiger partial charge on any atom is -0.438 e. The summed E-state index contributed by atoms with van der Waals surface area (Å²) in [6, 6.07) is 15.2. The number of piperidine rings is 1. The largest absolute Gasteiger partial charge is 0.438 e. The number of urea groups is 1. The number of nitrogens with zero attached hydrogens (tertiary/aromatic N) is 2. The lowest BCUT2D eigenvalue weighted by molar-refractivity contribution is -0.0254. The van der Waals surface area contributed by atoms with Gasteiger partial charge in [-0.15, -0.1) is 0 Å². The highest BCUT2D eigenvalue weighted by atomic mass is 35.5. The van der Waals surface area contributed by atoms with Gasteiger partial charge in [0.25, 0.3) is 10.0 Å². The van der Waals surface area contributed by atoms with Gasteiger partial charge >= 0.3 is 6.03 Å². The summed E-state index contributed by atoms with van der Waals surface area (Å²) >= 11 is 6.02. The molecule has 0 bridgehead atoms. The molecule has 0 saturated carbocycles. The molecular weight excluding hydrogens is 576 g/mol. The number of halogens is 1. The number of hydrogen-bond donors (Lipinski definition) is 3. The lowest BCUT2D eigenvalue weighted by Gasteiger charge is -2.38. The van der Waals surface area contributed by atoms with Crippen molar-refractivity contribution < 1.29 is 23.1 Å². The van der Waals surface area contributed by atoms with Gasteiger partial charge < -0.3 is 20.1 Å². The number of amides is 2. The van der Waals surface area contributed by atoms with E-state index in [0.717, 1.165) is 36.3 Å². The minimum atomic E-state index is -4.16. The average molecular weight is 611 g/mol. The average Bonchev–Trinajstić information content (AvgIpc) is 3.13. The number of hydrogen-bond acceptors (Lipinski definition) is 7. The van der Waals surface area contributed by atoms with Crippen LogP contribution >= 0.6 is 11.6 Å². The molecule has 0 radical (unpaired) electrons. The highest BCUT2D eigenvalue weighted by Gasteiger charge is 2.34. The van der Waals surface area contributed by atoms with E-state index in [0.29, 0.717) is 54.4 Å². The number of aliphatic hydroxyl groups is 1. The number of carbonyl (C=O) groups excluding carboxylic acids is 1. The van der Waals surface area contributed by atoms with Crippen LogP contribution in [0.15, 0.2) is 71.8 Å². The quantitative estimate of drug-likeness (QED) is 0.319. The Morgan fingerprint density at radius 3 is 2.64 bits per heavy atom. The number of rotatable bonds is 8. The van der Waals surface area contributed by atoms with Crippen LogP contribution < -0.4 is 14.8 Å². The maximum absolute atomic E-state index is 13.3. The molecule has 3 heterocycles. The van der Waals surface area contributed by atoms with Gasteiger partial charge in [-0.25, -0.2) is 22.9 Å². The molecule has 1 saturated heterocycles. The molecule has 2 aromatic carbocycles. The van der Waals surface area contributed by atoms with E-state index < -0.39 is 21.7 Å². The van der Waals surface area contributed by atoms with Crippen molar-refractivity contribution in [1.82, 2.24) is 19.9 Å². The van der Waals surface area contributed by atoms with Crippen molar-refractivity contribution in [2.24, 2.45) is 0 Å². The van der Waals surface area contributed by atoms with Crippen molar-refractivity contribution >= 4 is 33.2 Å². The van der Waals surface area contributed by atoms with Crippen LogP contribution in [0.4, 0.5) is 4.79 Å². The van der Waals surface area contributed by atoms with E-state index in [1.165, 1.54) is 6.07 Å². The Morgan fingerprint density at radius 1 is 1.14 bits per heavy atom. The molecule has 0 spiro atoms. The van der Waals surface area contributed by atoms with E-state index in [-0.39, 0.29) is 11.3 Å². The Kier molecular flexibility index (Phi) is 9.17. The molecule has 222 valence electrons. The predicted octanol–water partition coefficient (Wildman–Crippen LogP) is 5.24. The monoisotopic (exact) mass is 610 g/mol. The summed E-state index contributed by atoms with van der Waals surface area (Å²) in [7, 11) is -4.16. The van der Waals surface area contributed by atoms with Gasteiger partial charge in [0.1, 0.15) is 5.75 Å². The van der Waals surface area contributed by atoms with Gasteiger partial charge in [-0.2, -0.15) is 0 Å². The number of nitrogens with one attached hydrogen (secondary N) is 2. The number of fused-ring (bicyclic) bond motifs is 2. The second kappa shape index (κ2) is 12.8. The SMILES string of the molecule is CCCNC(=O)NS(=O)(=O)c1cccc2c1C/C(=C/CCN1CCC(O)(c3ccc(Cl)cc3)CC1)c1cccnc1O2. The molecule has 5 rings (SSSR count). The summed E-state index contributed by atoms with van der Waals surface area (Å²) in [5.41, 5.74) is 2.17. The van der Waals surface area contributed by atoms with Crippen molar-refractivity contribution in [1.29, 1.82) is 0 Å². The normalized spacial score (nSPS) is 17.5. The topological polar surface area (TPSA) is 121 Å². The van der Waals surface area contributed by atoms with Crippen LogP contribution in [0.25, 0.3) is 5.57 Å². The zero-order valence-corrected chi connectivity index (χ0v) is 25.0. The number of sulfonamides is 1. The second-order valence-electron chi connectivity index (χ2n) is 10.6. The van der Waals surface area contributed by atoms with E-state index in [1.807, 2.05) is 43.3 Å². The smallest absolute Gasteiger partial charge is 0.328 e. The molecule has 11 heteroatoms. The molecule has 42 heavy (non-hydrogen) atoms. The second-order valence-corrected chi connectivity index (χ2v) is 12.7. The van der Waals surface area contributed by atoms with E-state index in [9.17, 15) is 18.3 Å². The van der Waals surface area contributed by atoms with Crippen molar-refractivity contribution in [2.75, 3.05) is 26.2 Å². The molecule has 2 amide bonds. The molecule has 0 unspecified atom stereocenters. The lowest BCUT2D eigenvalue weighted by atomic mass is 9.84. The zero-order valence-electron chi connectivity index (χ0n) is 23.5. The van der Waals surface area contributed by atoms with Crippen LogP contribution in [-0.2, 0) is 22.0 Å². The fourth-order valence-electron chi connectivity index (χ4n) is 5.42. The van der Waals surface area contributed by atoms with Gasteiger partial charge in [0.2, 0.25) is 5.88 Å². The first-order valence-electron chi connectivity index (χ1n) is 14.1. The molecule has 3 N–H and O–H groups in total. The number of benzene rings is 2. The number of carbonyl (C=O) groups is 1. The highest BCUT2D eigenvalue weighted by molar-refractivity contribution is 7.90. The van der Waals surface area contributed by atoms with E-state index in [1.54, 1.807) is 18.3 Å². The molecule has 0 atom stereocenters. The van der Waals surface area contributed by atoms with E-state index >= 15 is 0 Å². The summed E-state index contributed by atoms with van der Waals surface area (Å²) in [5, 5.41) is 14.4. The van der Waals surface area contributed by atoms with E-state index in [4.69, 9.17) is 16.3 Å². The van der Waals surface area contributed by atoms with Crippen molar-refractivity contribution in [2.45, 2.75) is 49.5 Å². The van der Waals surface area contributed by atoms with Gasteiger partial charge in [0, 0.05) is 54.9 Å². The Hall–Kier alpha value is -3.44. The van der Waals surface area contributed by atoms with Crippen LogP contribution in [0.3, 0.4) is 0 Å². The zero-order chi connectivity index (χ0) is 29.7. The first kappa shape index (κ1) is 30.0. The summed E-state index contributed by atoms with van der Waals surface area (Å²) in [6.07, 6.45) is 6.67. The summed E-state index contributed by atoms with van der Waals surface area (Å²) in [5.74, 6) is 0.782. The Labute approximate surface area is 251 Å². The number of pyridine rings is 1. The van der Waals surface area contributed by atoms with Crippen LogP contribution in [0.1, 0.15) is 49.3 Å². The summed E-state index contributed by atoms with van der Waals surface area (Å²) in [6.45, 7) is 4.53. The lowest BCUT2D eigenvalue weighted by Crippen LogP contribution is -2.42. The maximum atomic E-state index is 13.3. The summed E-state index contributed by atoms with van der Waals surface area (Å²) in [4.78, 5) is 18.9. The number of likely N-dealkylation sites (tertiary alicyclic amines) is 1. The highest BCUT2D eigenvalue weighted by Crippen LogP contribution is 2.40. The van der Waals surface area contributed by atoms with Crippen molar-refractivity contribution in [3.05, 3.63) is 88.6 Å². The fraction of sp³-hybridized carbons (Fsp3) is 0.355. The molecule has 1 aromatic heterocycles. The molecule has 2 aliphatic rings.